The topological polar surface area (TPSA) is 50.8 Å². The third-order valence-corrected chi connectivity index (χ3v) is 4.30. The highest BCUT2D eigenvalue weighted by Gasteiger charge is 2.37. The third-order valence-electron chi connectivity index (χ3n) is 4.30. The molecule has 1 atom stereocenters. The molecule has 0 spiro atoms. The largest absolute Gasteiger partial charge is 0.491 e. The average Bonchev–Trinajstić information content (AvgIpc) is 2.68. The lowest BCUT2D eigenvalue weighted by molar-refractivity contribution is 0.166. The molecule has 1 N–H and O–H groups in total. The molecule has 2 aliphatic rings. The summed E-state index contributed by atoms with van der Waals surface area (Å²) in [6.45, 7) is 6.57. The van der Waals surface area contributed by atoms with Gasteiger partial charge < -0.3 is 19.7 Å². The minimum absolute atomic E-state index is 0.00291. The summed E-state index contributed by atoms with van der Waals surface area (Å²) in [7, 11) is 0. The van der Waals surface area contributed by atoms with Crippen molar-refractivity contribution in [2.24, 2.45) is 5.41 Å². The van der Waals surface area contributed by atoms with E-state index < -0.39 is 0 Å². The number of benzene rings is 1. The molecule has 0 radical (unpaired) electrons. The van der Waals surface area contributed by atoms with Crippen molar-refractivity contribution in [3.05, 3.63) is 29.6 Å². The van der Waals surface area contributed by atoms with Gasteiger partial charge in [0.1, 0.15) is 18.2 Å². The number of hydrogen-bond acceptors (Lipinski definition) is 3. The van der Waals surface area contributed by atoms with E-state index in [1.165, 1.54) is 12.1 Å². The van der Waals surface area contributed by atoms with Gasteiger partial charge >= 0.3 is 6.03 Å². The van der Waals surface area contributed by atoms with E-state index in [4.69, 9.17) is 9.47 Å². The Kier molecular flexibility index (Phi) is 3.95. The maximum atomic E-state index is 13.3. The van der Waals surface area contributed by atoms with E-state index in [9.17, 15) is 9.18 Å². The van der Waals surface area contributed by atoms with E-state index in [2.05, 4.69) is 19.2 Å². The summed E-state index contributed by atoms with van der Waals surface area (Å²) >= 11 is 0. The molecule has 2 amide bonds. The van der Waals surface area contributed by atoms with Gasteiger partial charge in [0.15, 0.2) is 0 Å². The van der Waals surface area contributed by atoms with Gasteiger partial charge in [-0.1, -0.05) is 19.9 Å². The van der Waals surface area contributed by atoms with Gasteiger partial charge in [0.2, 0.25) is 0 Å². The third kappa shape index (κ3) is 3.02. The van der Waals surface area contributed by atoms with Crippen LogP contribution in [0.15, 0.2) is 18.2 Å². The summed E-state index contributed by atoms with van der Waals surface area (Å²) in [4.78, 5) is 14.2. The Labute approximate surface area is 129 Å². The lowest BCUT2D eigenvalue weighted by Crippen LogP contribution is -2.50. The Morgan fingerprint density at radius 3 is 3.00 bits per heavy atom. The van der Waals surface area contributed by atoms with Gasteiger partial charge in [-0.15, -0.1) is 0 Å². The lowest BCUT2D eigenvalue weighted by Gasteiger charge is -2.29. The highest BCUT2D eigenvalue weighted by Crippen LogP contribution is 2.28. The van der Waals surface area contributed by atoms with Crippen molar-refractivity contribution in [2.75, 3.05) is 26.4 Å². The van der Waals surface area contributed by atoms with Crippen LogP contribution >= 0.6 is 0 Å². The van der Waals surface area contributed by atoms with Crippen LogP contribution in [0, 0.1) is 11.2 Å². The fraction of sp³-hybridized carbons (Fsp3) is 0.562. The van der Waals surface area contributed by atoms with Crippen molar-refractivity contribution in [1.29, 1.82) is 0 Å². The number of halogens is 1. The second kappa shape index (κ2) is 5.76. The number of hydrogen-bond donors (Lipinski definition) is 1. The Morgan fingerprint density at radius 1 is 1.45 bits per heavy atom. The first-order valence-electron chi connectivity index (χ1n) is 7.50. The number of carbonyl (C=O) groups excluding carboxylic acids is 1. The summed E-state index contributed by atoms with van der Waals surface area (Å²) in [5.41, 5.74) is 0.745. The Hall–Kier alpha value is -1.82. The number of rotatable bonds is 1. The number of amides is 2. The molecular weight excluding hydrogens is 287 g/mol. The van der Waals surface area contributed by atoms with Crippen LogP contribution in [0.1, 0.15) is 19.4 Å². The number of fused-ring (bicyclic) bond motifs is 1. The van der Waals surface area contributed by atoms with E-state index in [-0.39, 0.29) is 23.3 Å². The van der Waals surface area contributed by atoms with Crippen LogP contribution in [0.25, 0.3) is 0 Å². The molecule has 0 aliphatic carbocycles. The van der Waals surface area contributed by atoms with E-state index in [1.54, 1.807) is 11.0 Å². The van der Waals surface area contributed by atoms with Gasteiger partial charge in [0.25, 0.3) is 0 Å². The first kappa shape index (κ1) is 15.1. The zero-order valence-corrected chi connectivity index (χ0v) is 12.9. The molecule has 120 valence electrons. The highest BCUT2D eigenvalue weighted by molar-refractivity contribution is 5.75. The maximum Gasteiger partial charge on any atom is 0.318 e. The zero-order chi connectivity index (χ0) is 15.7. The second-order valence-electron chi connectivity index (χ2n) is 6.53. The number of nitrogens with zero attached hydrogens (tertiary/aromatic N) is 1. The highest BCUT2D eigenvalue weighted by atomic mass is 19.1. The van der Waals surface area contributed by atoms with Gasteiger partial charge in [-0.2, -0.15) is 0 Å². The van der Waals surface area contributed by atoms with Crippen molar-refractivity contribution >= 4 is 6.03 Å². The first-order chi connectivity index (χ1) is 10.5. The summed E-state index contributed by atoms with van der Waals surface area (Å²) < 4.78 is 24.2. The standard InChI is InChI=1S/C16H21FN2O3/c1-16(2)10-21-9-14(16)18-15(20)19-5-6-22-13-7-12(17)4-3-11(13)8-19/h3-4,7,14H,5-6,8-10H2,1-2H3,(H,18,20). The number of nitrogens with one attached hydrogen (secondary N) is 1. The molecular formula is C16H21FN2O3. The van der Waals surface area contributed by atoms with Gasteiger partial charge in [-0.3, -0.25) is 0 Å². The van der Waals surface area contributed by atoms with Crippen LogP contribution in [0.4, 0.5) is 9.18 Å². The van der Waals surface area contributed by atoms with Gasteiger partial charge in [0, 0.05) is 17.0 Å². The van der Waals surface area contributed by atoms with Crippen molar-refractivity contribution in [1.82, 2.24) is 10.2 Å². The summed E-state index contributed by atoms with van der Waals surface area (Å²) in [5.74, 6) is 0.182. The quantitative estimate of drug-likeness (QED) is 0.865. The van der Waals surface area contributed by atoms with Crippen LogP contribution in [-0.4, -0.2) is 43.3 Å². The van der Waals surface area contributed by atoms with Crippen molar-refractivity contribution in [2.45, 2.75) is 26.4 Å². The normalized spacial score (nSPS) is 23.4. The molecule has 5 nitrogen and oxygen atoms in total. The molecule has 1 saturated heterocycles. The number of carbonyl (C=O) groups is 1. The van der Waals surface area contributed by atoms with E-state index in [0.29, 0.717) is 38.7 Å². The Bertz CT molecular complexity index is 577. The van der Waals surface area contributed by atoms with Crippen molar-refractivity contribution < 1.29 is 18.7 Å². The van der Waals surface area contributed by atoms with Gasteiger partial charge in [0.05, 0.1) is 32.3 Å². The molecule has 2 aliphatic heterocycles. The molecule has 0 saturated carbocycles. The van der Waals surface area contributed by atoms with Gasteiger partial charge in [-0.05, 0) is 6.07 Å². The molecule has 1 aromatic carbocycles. The van der Waals surface area contributed by atoms with E-state index in [1.807, 2.05) is 0 Å². The average molecular weight is 308 g/mol. The zero-order valence-electron chi connectivity index (χ0n) is 12.9. The number of urea groups is 1. The van der Waals surface area contributed by atoms with Crippen LogP contribution < -0.4 is 10.1 Å². The minimum Gasteiger partial charge on any atom is -0.491 e. The fourth-order valence-electron chi connectivity index (χ4n) is 2.76. The summed E-state index contributed by atoms with van der Waals surface area (Å²) in [6, 6.07) is 4.28. The second-order valence-corrected chi connectivity index (χ2v) is 6.53. The molecule has 1 fully saturated rings. The molecule has 0 bridgehead atoms. The van der Waals surface area contributed by atoms with E-state index >= 15 is 0 Å². The van der Waals surface area contributed by atoms with Crippen molar-refractivity contribution in [3.8, 4) is 5.75 Å². The Balaban J connectivity index is 1.69. The molecule has 2 heterocycles. The van der Waals surface area contributed by atoms with Crippen LogP contribution in [0.5, 0.6) is 5.75 Å². The van der Waals surface area contributed by atoms with Gasteiger partial charge in [-0.25, -0.2) is 9.18 Å². The van der Waals surface area contributed by atoms with E-state index in [0.717, 1.165) is 5.56 Å². The van der Waals surface area contributed by atoms with Crippen LogP contribution in [0.3, 0.4) is 0 Å². The van der Waals surface area contributed by atoms with Crippen LogP contribution in [-0.2, 0) is 11.3 Å². The summed E-state index contributed by atoms with van der Waals surface area (Å²) in [6.07, 6.45) is 0. The molecule has 22 heavy (non-hydrogen) atoms. The molecule has 0 aromatic heterocycles. The fourth-order valence-corrected chi connectivity index (χ4v) is 2.76. The van der Waals surface area contributed by atoms with Crippen molar-refractivity contribution in [3.63, 3.8) is 0 Å². The van der Waals surface area contributed by atoms with Crippen LogP contribution in [0.2, 0.25) is 0 Å². The monoisotopic (exact) mass is 308 g/mol. The predicted octanol–water partition coefficient (Wildman–Crippen LogP) is 2.15. The SMILES string of the molecule is CC1(C)COCC1NC(=O)N1CCOc2cc(F)ccc2C1. The summed E-state index contributed by atoms with van der Waals surface area (Å²) in [5, 5.41) is 3.04. The maximum absolute atomic E-state index is 13.3. The first-order valence-corrected chi connectivity index (χ1v) is 7.50. The predicted molar refractivity (Wildman–Crippen MR) is 79.2 cm³/mol. The molecule has 6 heteroatoms. The Morgan fingerprint density at radius 2 is 2.27 bits per heavy atom. The smallest absolute Gasteiger partial charge is 0.318 e. The molecule has 1 aromatic rings. The molecule has 1 unspecified atom stereocenters. The number of ether oxygens (including phenoxy) is 2. The lowest BCUT2D eigenvalue weighted by atomic mass is 9.88. The minimum atomic E-state index is -0.332. The molecule has 3 rings (SSSR count).